The molecule has 1 aliphatic heterocycles. The second-order valence-corrected chi connectivity index (χ2v) is 11.3. The molecule has 2 amide bonds. The Balaban J connectivity index is 1.15. The second kappa shape index (κ2) is 8.99. The average molecular weight is 515 g/mol. The summed E-state index contributed by atoms with van der Waals surface area (Å²) < 4.78 is 42.5. The number of nitrogens with one attached hydrogen (secondary N) is 1. The molecule has 4 saturated carbocycles. The van der Waals surface area contributed by atoms with Crippen LogP contribution in [0.15, 0.2) is 30.6 Å². The number of fused-ring (bicyclic) bond motifs is 1. The van der Waals surface area contributed by atoms with Crippen LogP contribution in [0.1, 0.15) is 66.6 Å². The molecule has 1 aromatic heterocycles. The number of carbonyl (C=O) groups is 2. The number of rotatable bonds is 5. The lowest BCUT2D eigenvalue weighted by Crippen LogP contribution is -2.47. The van der Waals surface area contributed by atoms with Crippen LogP contribution in [0.4, 0.5) is 19.0 Å². The Morgan fingerprint density at radius 3 is 2.41 bits per heavy atom. The van der Waals surface area contributed by atoms with Crippen LogP contribution in [0.5, 0.6) is 5.75 Å². The molecule has 7 nitrogen and oxygen atoms in total. The Hall–Kier alpha value is -3.17. The van der Waals surface area contributed by atoms with Crippen molar-refractivity contribution >= 4 is 17.6 Å². The summed E-state index contributed by atoms with van der Waals surface area (Å²) in [7, 11) is 0. The van der Waals surface area contributed by atoms with Gasteiger partial charge in [0.15, 0.2) is 0 Å². The Labute approximate surface area is 212 Å². The molecule has 1 aromatic carbocycles. The SMILES string of the molecule is O=C(CC12CC3CC(CC(C3)C1)C2)Nc1ncnc2c1CCN(C(=O)c1ccccc1OC(F)(F)F)C2. The van der Waals surface area contributed by atoms with Crippen LogP contribution in [-0.4, -0.2) is 39.6 Å². The minimum absolute atomic E-state index is 0.0282. The number of alkyl halides is 3. The maximum Gasteiger partial charge on any atom is 0.573 e. The predicted molar refractivity (Wildman–Crippen MR) is 127 cm³/mol. The van der Waals surface area contributed by atoms with Gasteiger partial charge in [0.1, 0.15) is 17.9 Å². The summed E-state index contributed by atoms with van der Waals surface area (Å²) in [5.74, 6) is 1.62. The quantitative estimate of drug-likeness (QED) is 0.599. The van der Waals surface area contributed by atoms with Gasteiger partial charge in [-0.2, -0.15) is 0 Å². The van der Waals surface area contributed by atoms with E-state index in [4.69, 9.17) is 0 Å². The first kappa shape index (κ1) is 24.2. The molecule has 4 bridgehead atoms. The monoisotopic (exact) mass is 514 g/mol. The highest BCUT2D eigenvalue weighted by atomic mass is 19.4. The zero-order chi connectivity index (χ0) is 25.8. The average Bonchev–Trinajstić information content (AvgIpc) is 2.81. The van der Waals surface area contributed by atoms with Crippen molar-refractivity contribution in [2.45, 2.75) is 64.3 Å². The molecular formula is C27H29F3N4O3. The van der Waals surface area contributed by atoms with E-state index < -0.39 is 18.0 Å². The van der Waals surface area contributed by atoms with Crippen molar-refractivity contribution < 1.29 is 27.5 Å². The lowest BCUT2D eigenvalue weighted by Gasteiger charge is -2.56. The number of hydrogen-bond acceptors (Lipinski definition) is 5. The third kappa shape index (κ3) is 4.90. The zero-order valence-corrected chi connectivity index (χ0v) is 20.4. The molecule has 2 heterocycles. The van der Waals surface area contributed by atoms with Crippen LogP contribution in [0.25, 0.3) is 0 Å². The maximum absolute atomic E-state index is 13.2. The number of anilines is 1. The van der Waals surface area contributed by atoms with E-state index in [0.29, 0.717) is 24.4 Å². The fraction of sp³-hybridized carbons (Fsp3) is 0.556. The molecule has 0 atom stereocenters. The molecule has 1 N–H and O–H groups in total. The normalized spacial score (nSPS) is 28.1. The predicted octanol–water partition coefficient (Wildman–Crippen LogP) is 5.12. The van der Waals surface area contributed by atoms with Gasteiger partial charge in [-0.05, 0) is 80.2 Å². The lowest BCUT2D eigenvalue weighted by molar-refractivity contribution is -0.274. The van der Waals surface area contributed by atoms with Crippen LogP contribution < -0.4 is 10.1 Å². The molecule has 4 aliphatic carbocycles. The Bertz CT molecular complexity index is 1200. The summed E-state index contributed by atoms with van der Waals surface area (Å²) in [4.78, 5) is 36.3. The van der Waals surface area contributed by atoms with Crippen molar-refractivity contribution in [3.05, 3.63) is 47.4 Å². The van der Waals surface area contributed by atoms with Crippen molar-refractivity contribution in [2.75, 3.05) is 11.9 Å². The Morgan fingerprint density at radius 2 is 1.73 bits per heavy atom. The molecule has 7 rings (SSSR count). The number of nitrogens with zero attached hydrogens (tertiary/aromatic N) is 3. The first-order valence-corrected chi connectivity index (χ1v) is 12.9. The topological polar surface area (TPSA) is 84.4 Å². The van der Waals surface area contributed by atoms with Gasteiger partial charge in [0.25, 0.3) is 5.91 Å². The van der Waals surface area contributed by atoms with Gasteiger partial charge in [-0.25, -0.2) is 9.97 Å². The van der Waals surface area contributed by atoms with Crippen LogP contribution in [0.2, 0.25) is 0 Å². The first-order chi connectivity index (χ1) is 17.7. The highest BCUT2D eigenvalue weighted by molar-refractivity contribution is 5.97. The molecule has 4 fully saturated rings. The van der Waals surface area contributed by atoms with E-state index in [-0.39, 0.29) is 30.0 Å². The second-order valence-electron chi connectivity index (χ2n) is 11.3. The third-order valence-electron chi connectivity index (χ3n) is 8.60. The molecule has 0 spiro atoms. The van der Waals surface area contributed by atoms with Gasteiger partial charge in [-0.15, -0.1) is 13.2 Å². The van der Waals surface area contributed by atoms with Crippen molar-refractivity contribution in [1.29, 1.82) is 0 Å². The number of amides is 2. The molecule has 0 unspecified atom stereocenters. The Kier molecular flexibility index (Phi) is 5.88. The number of hydrogen-bond donors (Lipinski definition) is 1. The summed E-state index contributed by atoms with van der Waals surface area (Å²) in [6.45, 7) is 0.367. The number of aromatic nitrogens is 2. The smallest absolute Gasteiger partial charge is 0.405 e. The number of carbonyl (C=O) groups excluding carboxylic acids is 2. The number of para-hydroxylation sites is 1. The minimum atomic E-state index is -4.90. The van der Waals surface area contributed by atoms with E-state index in [0.717, 1.165) is 48.6 Å². The largest absolute Gasteiger partial charge is 0.573 e. The molecule has 0 radical (unpaired) electrons. The van der Waals surface area contributed by atoms with Crippen molar-refractivity contribution in [1.82, 2.24) is 14.9 Å². The fourth-order valence-corrected chi connectivity index (χ4v) is 7.69. The highest BCUT2D eigenvalue weighted by Gasteiger charge is 2.51. The van der Waals surface area contributed by atoms with Gasteiger partial charge in [0.2, 0.25) is 5.91 Å². The van der Waals surface area contributed by atoms with Gasteiger partial charge >= 0.3 is 6.36 Å². The summed E-state index contributed by atoms with van der Waals surface area (Å²) in [5.41, 5.74) is 1.29. The summed E-state index contributed by atoms with van der Waals surface area (Å²) in [5, 5.41) is 3.02. The van der Waals surface area contributed by atoms with E-state index in [1.807, 2.05) is 0 Å². The fourth-order valence-electron chi connectivity index (χ4n) is 7.69. The van der Waals surface area contributed by atoms with Gasteiger partial charge in [0, 0.05) is 18.5 Å². The standard InChI is InChI=1S/C27H29F3N4O3/c28-27(29,30)37-22-4-2-1-3-20(22)25(36)34-6-5-19-21(14-34)31-15-32-24(19)33-23(35)13-26-10-16-7-17(11-26)9-18(8-16)12-26/h1-4,15-18H,5-14H2,(H,31,32,33,35). The van der Waals surface area contributed by atoms with Crippen molar-refractivity contribution in [2.24, 2.45) is 23.2 Å². The van der Waals surface area contributed by atoms with Gasteiger partial charge in [-0.3, -0.25) is 9.59 Å². The Morgan fingerprint density at radius 1 is 1.05 bits per heavy atom. The number of benzene rings is 1. The van der Waals surface area contributed by atoms with E-state index in [1.54, 1.807) is 0 Å². The minimum Gasteiger partial charge on any atom is -0.405 e. The van der Waals surface area contributed by atoms with Gasteiger partial charge in [-0.1, -0.05) is 12.1 Å². The van der Waals surface area contributed by atoms with E-state index in [9.17, 15) is 22.8 Å². The van der Waals surface area contributed by atoms with Crippen molar-refractivity contribution in [3.8, 4) is 5.75 Å². The van der Waals surface area contributed by atoms with E-state index in [1.165, 1.54) is 48.7 Å². The van der Waals surface area contributed by atoms with Crippen LogP contribution in [0.3, 0.4) is 0 Å². The lowest BCUT2D eigenvalue weighted by atomic mass is 9.49. The molecule has 5 aliphatic rings. The van der Waals surface area contributed by atoms with Crippen LogP contribution >= 0.6 is 0 Å². The maximum atomic E-state index is 13.2. The molecule has 0 saturated heterocycles. The molecular weight excluding hydrogens is 485 g/mol. The summed E-state index contributed by atoms with van der Waals surface area (Å²) in [6, 6.07) is 5.32. The molecule has 37 heavy (non-hydrogen) atoms. The summed E-state index contributed by atoms with van der Waals surface area (Å²) >= 11 is 0. The van der Waals surface area contributed by atoms with Crippen LogP contribution in [0, 0.1) is 23.2 Å². The van der Waals surface area contributed by atoms with E-state index in [2.05, 4.69) is 20.0 Å². The number of halogens is 3. The van der Waals surface area contributed by atoms with E-state index >= 15 is 0 Å². The third-order valence-corrected chi connectivity index (χ3v) is 8.60. The number of ether oxygens (including phenoxy) is 1. The molecule has 2 aromatic rings. The zero-order valence-electron chi connectivity index (χ0n) is 20.4. The van der Waals surface area contributed by atoms with Gasteiger partial charge in [0.05, 0.1) is 17.8 Å². The highest BCUT2D eigenvalue weighted by Crippen LogP contribution is 2.61. The van der Waals surface area contributed by atoms with Crippen molar-refractivity contribution in [3.63, 3.8) is 0 Å². The molecule has 10 heteroatoms. The van der Waals surface area contributed by atoms with Gasteiger partial charge < -0.3 is 15.0 Å². The molecule has 196 valence electrons. The first-order valence-electron chi connectivity index (χ1n) is 12.9. The van der Waals surface area contributed by atoms with Crippen LogP contribution in [-0.2, 0) is 17.8 Å². The summed E-state index contributed by atoms with van der Waals surface area (Å²) in [6.07, 6.45) is 4.75.